The van der Waals surface area contributed by atoms with Gasteiger partial charge in [0.05, 0.1) is 16.2 Å². The zero-order valence-electron chi connectivity index (χ0n) is 6.88. The van der Waals surface area contributed by atoms with E-state index >= 15 is 0 Å². The zero-order chi connectivity index (χ0) is 9.42. The van der Waals surface area contributed by atoms with E-state index < -0.39 is 0 Å². The highest BCUT2D eigenvalue weighted by Gasteiger charge is 2.04. The summed E-state index contributed by atoms with van der Waals surface area (Å²) in [5, 5.41) is 1.03. The fourth-order valence-electron chi connectivity index (χ4n) is 1.11. The molecule has 0 radical (unpaired) electrons. The van der Waals surface area contributed by atoms with E-state index in [0.29, 0.717) is 21.4 Å². The van der Waals surface area contributed by atoms with Crippen LogP contribution in [0.5, 0.6) is 0 Å². The molecular weight excluding hydrogens is 207 g/mol. The fraction of sp³-hybridized carbons (Fsp3) is 0.111. The van der Waals surface area contributed by atoms with Gasteiger partial charge in [0.1, 0.15) is 5.52 Å². The molecule has 0 amide bonds. The van der Waals surface area contributed by atoms with Crippen molar-refractivity contribution in [3.05, 3.63) is 34.1 Å². The second kappa shape index (κ2) is 3.13. The van der Waals surface area contributed by atoms with Crippen LogP contribution in [0.15, 0.2) is 18.2 Å². The maximum Gasteiger partial charge on any atom is 0.150 e. The van der Waals surface area contributed by atoms with Crippen molar-refractivity contribution in [2.24, 2.45) is 0 Å². The highest BCUT2D eigenvalue weighted by Crippen LogP contribution is 2.22. The standard InChI is InChI=1S/C9H6Cl2N2/c1-5-9(11)13-7-4-2-3-6(10)8(7)12-5/h2-4H,1H3. The van der Waals surface area contributed by atoms with E-state index in [-0.39, 0.29) is 0 Å². The third-order valence-corrected chi connectivity index (χ3v) is 2.43. The first-order valence-corrected chi connectivity index (χ1v) is 4.52. The Hall–Kier alpha value is -0.860. The van der Waals surface area contributed by atoms with Gasteiger partial charge < -0.3 is 0 Å². The predicted octanol–water partition coefficient (Wildman–Crippen LogP) is 3.25. The Labute approximate surface area is 85.5 Å². The Morgan fingerprint density at radius 1 is 1.15 bits per heavy atom. The molecule has 0 saturated carbocycles. The maximum atomic E-state index is 5.94. The monoisotopic (exact) mass is 212 g/mol. The van der Waals surface area contributed by atoms with Gasteiger partial charge in [-0.1, -0.05) is 29.3 Å². The molecule has 0 unspecified atom stereocenters. The zero-order valence-corrected chi connectivity index (χ0v) is 8.39. The van der Waals surface area contributed by atoms with Crippen molar-refractivity contribution < 1.29 is 0 Å². The molecule has 0 spiro atoms. The molecule has 4 heteroatoms. The molecule has 0 saturated heterocycles. The first-order chi connectivity index (χ1) is 6.18. The number of halogens is 2. The predicted molar refractivity (Wildman–Crippen MR) is 54.3 cm³/mol. The molecule has 1 aromatic carbocycles. The van der Waals surface area contributed by atoms with Gasteiger partial charge in [0.25, 0.3) is 0 Å². The Morgan fingerprint density at radius 2 is 1.92 bits per heavy atom. The molecule has 1 aromatic heterocycles. The molecule has 2 rings (SSSR count). The molecule has 0 fully saturated rings. The molecule has 2 aromatic rings. The Morgan fingerprint density at radius 3 is 2.69 bits per heavy atom. The minimum atomic E-state index is 0.426. The quantitative estimate of drug-likeness (QED) is 0.671. The number of rotatable bonds is 0. The molecule has 0 aliphatic rings. The van der Waals surface area contributed by atoms with E-state index in [4.69, 9.17) is 23.2 Å². The lowest BCUT2D eigenvalue weighted by Crippen LogP contribution is -1.89. The molecule has 0 aliphatic carbocycles. The molecule has 1 heterocycles. The Kier molecular flexibility index (Phi) is 2.10. The average Bonchev–Trinajstić information content (AvgIpc) is 2.09. The van der Waals surface area contributed by atoms with Gasteiger partial charge in [-0.2, -0.15) is 0 Å². The summed E-state index contributed by atoms with van der Waals surface area (Å²) in [7, 11) is 0. The summed E-state index contributed by atoms with van der Waals surface area (Å²) in [5.41, 5.74) is 2.12. The largest absolute Gasteiger partial charge is 0.247 e. The topological polar surface area (TPSA) is 25.8 Å². The van der Waals surface area contributed by atoms with Gasteiger partial charge >= 0.3 is 0 Å². The van der Waals surface area contributed by atoms with Crippen molar-refractivity contribution in [3.8, 4) is 0 Å². The SMILES string of the molecule is Cc1nc2c(Cl)cccc2nc1Cl. The van der Waals surface area contributed by atoms with Crippen molar-refractivity contribution >= 4 is 34.2 Å². The summed E-state index contributed by atoms with van der Waals surface area (Å²) in [6, 6.07) is 5.44. The van der Waals surface area contributed by atoms with Gasteiger partial charge in [-0.25, -0.2) is 9.97 Å². The van der Waals surface area contributed by atoms with Crippen LogP contribution in [0.4, 0.5) is 0 Å². The molecule has 0 aliphatic heterocycles. The van der Waals surface area contributed by atoms with Crippen LogP contribution >= 0.6 is 23.2 Å². The maximum absolute atomic E-state index is 5.94. The molecule has 66 valence electrons. The Balaban J connectivity index is 2.89. The molecular formula is C9H6Cl2N2. The van der Waals surface area contributed by atoms with E-state index in [1.807, 2.05) is 12.1 Å². The Bertz CT molecular complexity index is 468. The van der Waals surface area contributed by atoms with E-state index in [1.165, 1.54) is 0 Å². The average molecular weight is 213 g/mol. The van der Waals surface area contributed by atoms with E-state index in [2.05, 4.69) is 9.97 Å². The minimum Gasteiger partial charge on any atom is -0.247 e. The van der Waals surface area contributed by atoms with Gasteiger partial charge in [-0.15, -0.1) is 0 Å². The van der Waals surface area contributed by atoms with Crippen molar-refractivity contribution in [2.45, 2.75) is 6.92 Å². The number of fused-ring (bicyclic) bond motifs is 1. The number of hydrogen-bond donors (Lipinski definition) is 0. The van der Waals surface area contributed by atoms with Crippen LogP contribution in [0.1, 0.15) is 5.69 Å². The number of hydrogen-bond acceptors (Lipinski definition) is 2. The third kappa shape index (κ3) is 1.47. The lowest BCUT2D eigenvalue weighted by atomic mass is 10.3. The molecule has 13 heavy (non-hydrogen) atoms. The van der Waals surface area contributed by atoms with Crippen LogP contribution in [0.25, 0.3) is 11.0 Å². The van der Waals surface area contributed by atoms with Crippen LogP contribution in [0.3, 0.4) is 0 Å². The summed E-state index contributed by atoms with van der Waals surface area (Å²) in [6.07, 6.45) is 0. The summed E-state index contributed by atoms with van der Waals surface area (Å²) in [4.78, 5) is 8.40. The van der Waals surface area contributed by atoms with Crippen molar-refractivity contribution in [2.75, 3.05) is 0 Å². The second-order valence-electron chi connectivity index (χ2n) is 2.71. The van der Waals surface area contributed by atoms with Crippen LogP contribution in [0.2, 0.25) is 10.2 Å². The first-order valence-electron chi connectivity index (χ1n) is 3.77. The van der Waals surface area contributed by atoms with Crippen LogP contribution in [-0.2, 0) is 0 Å². The van der Waals surface area contributed by atoms with Crippen LogP contribution < -0.4 is 0 Å². The number of nitrogens with zero attached hydrogens (tertiary/aromatic N) is 2. The summed E-state index contributed by atoms with van der Waals surface area (Å²) >= 11 is 11.8. The van der Waals surface area contributed by atoms with Gasteiger partial charge in [-0.05, 0) is 19.1 Å². The highest BCUT2D eigenvalue weighted by atomic mass is 35.5. The third-order valence-electron chi connectivity index (χ3n) is 1.76. The van der Waals surface area contributed by atoms with Gasteiger partial charge in [0.15, 0.2) is 5.15 Å². The van der Waals surface area contributed by atoms with Crippen LogP contribution in [0, 0.1) is 6.92 Å². The summed E-state index contributed by atoms with van der Waals surface area (Å²) in [5.74, 6) is 0. The number of benzene rings is 1. The van der Waals surface area contributed by atoms with Gasteiger partial charge in [0.2, 0.25) is 0 Å². The van der Waals surface area contributed by atoms with Crippen LogP contribution in [-0.4, -0.2) is 9.97 Å². The highest BCUT2D eigenvalue weighted by molar-refractivity contribution is 6.35. The fourth-order valence-corrected chi connectivity index (χ4v) is 1.45. The normalized spacial score (nSPS) is 10.7. The molecule has 0 N–H and O–H groups in total. The van der Waals surface area contributed by atoms with Crippen molar-refractivity contribution in [1.82, 2.24) is 9.97 Å². The lowest BCUT2D eigenvalue weighted by molar-refractivity contribution is 1.18. The van der Waals surface area contributed by atoms with Gasteiger partial charge in [-0.3, -0.25) is 0 Å². The number of para-hydroxylation sites is 1. The second-order valence-corrected chi connectivity index (χ2v) is 3.47. The summed E-state index contributed by atoms with van der Waals surface area (Å²) in [6.45, 7) is 1.80. The number of aromatic nitrogens is 2. The van der Waals surface area contributed by atoms with E-state index in [1.54, 1.807) is 13.0 Å². The smallest absolute Gasteiger partial charge is 0.150 e. The van der Waals surface area contributed by atoms with Gasteiger partial charge in [0, 0.05) is 0 Å². The molecule has 0 bridgehead atoms. The van der Waals surface area contributed by atoms with Crippen molar-refractivity contribution in [1.29, 1.82) is 0 Å². The lowest BCUT2D eigenvalue weighted by Gasteiger charge is -2.01. The first kappa shape index (κ1) is 8.73. The summed E-state index contributed by atoms with van der Waals surface area (Å²) < 4.78 is 0. The number of aryl methyl sites for hydroxylation is 1. The molecule has 0 atom stereocenters. The van der Waals surface area contributed by atoms with Crippen molar-refractivity contribution in [3.63, 3.8) is 0 Å². The molecule has 2 nitrogen and oxygen atoms in total. The van der Waals surface area contributed by atoms with E-state index in [9.17, 15) is 0 Å². The van der Waals surface area contributed by atoms with E-state index in [0.717, 1.165) is 5.52 Å². The minimum absolute atomic E-state index is 0.426.